The zero-order chi connectivity index (χ0) is 22.1. The van der Waals surface area contributed by atoms with Gasteiger partial charge in [0, 0.05) is 6.07 Å². The van der Waals surface area contributed by atoms with Crippen molar-refractivity contribution in [2.24, 2.45) is 0 Å². The summed E-state index contributed by atoms with van der Waals surface area (Å²) < 4.78 is 16.2. The molecular weight excluding hydrogens is 422 g/mol. The highest BCUT2D eigenvalue weighted by atomic mass is 32.2. The number of ether oxygens (including phenoxy) is 1. The fraction of sp³-hybridized carbons (Fsp3) is 0.286. The molecule has 2 unspecified atom stereocenters. The van der Waals surface area contributed by atoms with Crippen molar-refractivity contribution in [2.45, 2.75) is 38.5 Å². The number of aryl methyl sites for hydroxylation is 2. The summed E-state index contributed by atoms with van der Waals surface area (Å²) in [5, 5.41) is 5.34. The van der Waals surface area contributed by atoms with E-state index in [1.807, 2.05) is 0 Å². The number of hydrogen-bond acceptors (Lipinski definition) is 9. The van der Waals surface area contributed by atoms with E-state index in [0.717, 1.165) is 17.3 Å². The third kappa shape index (κ3) is 4.53. The van der Waals surface area contributed by atoms with Crippen LogP contribution in [-0.2, 0) is 16.0 Å². The fourth-order valence-electron chi connectivity index (χ4n) is 3.17. The van der Waals surface area contributed by atoms with Crippen molar-refractivity contribution in [1.29, 1.82) is 0 Å². The molecule has 2 amide bonds. The first-order valence-electron chi connectivity index (χ1n) is 9.52. The molecule has 160 valence electrons. The number of carbonyl (C=O) groups is 3. The number of imide groups is 1. The molecule has 0 aliphatic carbocycles. The van der Waals surface area contributed by atoms with Crippen LogP contribution in [-0.4, -0.2) is 32.5 Å². The van der Waals surface area contributed by atoms with Gasteiger partial charge >= 0.3 is 5.97 Å². The summed E-state index contributed by atoms with van der Waals surface area (Å²) in [5.41, 5.74) is 2.17. The van der Waals surface area contributed by atoms with Gasteiger partial charge in [0.05, 0.1) is 10.8 Å². The number of thioether (sulfide) groups is 1. The predicted molar refractivity (Wildman–Crippen MR) is 110 cm³/mol. The number of nitrogens with one attached hydrogen (secondary N) is 1. The molecule has 0 bridgehead atoms. The molecule has 3 aromatic rings. The number of hydrogen-bond donors (Lipinski definition) is 1. The van der Waals surface area contributed by atoms with Crippen molar-refractivity contribution < 1.29 is 28.1 Å². The molecule has 0 radical (unpaired) electrons. The fourth-order valence-corrected chi connectivity index (χ4v) is 4.02. The number of carbonyl (C=O) groups excluding carboxylic acids is 3. The van der Waals surface area contributed by atoms with Gasteiger partial charge in [0.1, 0.15) is 23.3 Å². The Morgan fingerprint density at radius 2 is 2.00 bits per heavy atom. The maximum Gasteiger partial charge on any atom is 0.338 e. The summed E-state index contributed by atoms with van der Waals surface area (Å²) in [5.74, 6) is 0.644. The molecule has 3 heterocycles. The minimum absolute atomic E-state index is 0.295. The molecule has 1 aliphatic heterocycles. The van der Waals surface area contributed by atoms with Crippen LogP contribution >= 0.6 is 11.8 Å². The Bertz CT molecular complexity index is 1150. The second-order valence-electron chi connectivity index (χ2n) is 7.12. The lowest BCUT2D eigenvalue weighted by atomic mass is 10.1. The minimum Gasteiger partial charge on any atom is -0.452 e. The lowest BCUT2D eigenvalue weighted by molar-refractivity contribution is -0.118. The van der Waals surface area contributed by atoms with Gasteiger partial charge in [-0.05, 0) is 44.9 Å². The summed E-state index contributed by atoms with van der Waals surface area (Å²) in [7, 11) is 0. The number of rotatable bonds is 6. The summed E-state index contributed by atoms with van der Waals surface area (Å²) in [6, 6.07) is 8.44. The maximum absolute atomic E-state index is 12.5. The van der Waals surface area contributed by atoms with Crippen LogP contribution < -0.4 is 5.32 Å². The van der Waals surface area contributed by atoms with Crippen LogP contribution in [0.15, 0.2) is 39.3 Å². The Labute approximate surface area is 181 Å². The first kappa shape index (κ1) is 20.9. The second-order valence-corrected chi connectivity index (χ2v) is 8.29. The van der Waals surface area contributed by atoms with Gasteiger partial charge in [-0.2, -0.15) is 0 Å². The van der Waals surface area contributed by atoms with Gasteiger partial charge in [-0.1, -0.05) is 29.1 Å². The van der Waals surface area contributed by atoms with E-state index in [1.54, 1.807) is 51.1 Å². The lowest BCUT2D eigenvalue weighted by Gasteiger charge is -2.12. The van der Waals surface area contributed by atoms with E-state index in [1.165, 1.54) is 0 Å². The van der Waals surface area contributed by atoms with Crippen LogP contribution in [0.4, 0.5) is 4.79 Å². The van der Waals surface area contributed by atoms with Gasteiger partial charge in [0.15, 0.2) is 5.69 Å². The van der Waals surface area contributed by atoms with Crippen molar-refractivity contribution in [3.63, 3.8) is 0 Å². The number of amides is 2. The molecular formula is C21H19N3O6S. The highest BCUT2D eigenvalue weighted by Crippen LogP contribution is 2.28. The number of benzene rings is 1. The molecule has 0 spiro atoms. The third-order valence-corrected chi connectivity index (χ3v) is 5.71. The van der Waals surface area contributed by atoms with Crippen LogP contribution in [0.1, 0.15) is 46.2 Å². The first-order valence-corrected chi connectivity index (χ1v) is 10.4. The van der Waals surface area contributed by atoms with E-state index in [-0.39, 0.29) is 11.1 Å². The summed E-state index contributed by atoms with van der Waals surface area (Å²) in [6.45, 7) is 5.21. The molecule has 1 saturated heterocycles. The van der Waals surface area contributed by atoms with Crippen LogP contribution in [0.25, 0.3) is 11.6 Å². The minimum atomic E-state index is -0.637. The molecule has 9 nitrogen and oxygen atoms in total. The van der Waals surface area contributed by atoms with Crippen LogP contribution in [0, 0.1) is 13.8 Å². The van der Waals surface area contributed by atoms with Gasteiger partial charge in [-0.15, -0.1) is 0 Å². The molecule has 10 heteroatoms. The molecule has 1 N–H and O–H groups in total. The number of esters is 1. The number of oxazole rings is 1. The van der Waals surface area contributed by atoms with E-state index < -0.39 is 17.3 Å². The molecule has 1 aromatic carbocycles. The van der Waals surface area contributed by atoms with E-state index >= 15 is 0 Å². The molecule has 1 aliphatic rings. The van der Waals surface area contributed by atoms with E-state index in [4.69, 9.17) is 13.7 Å². The predicted octanol–water partition coefficient (Wildman–Crippen LogP) is 3.76. The van der Waals surface area contributed by atoms with Crippen molar-refractivity contribution in [3.05, 3.63) is 58.7 Å². The van der Waals surface area contributed by atoms with Crippen LogP contribution in [0.3, 0.4) is 0 Å². The quantitative estimate of drug-likeness (QED) is 0.569. The van der Waals surface area contributed by atoms with Crippen molar-refractivity contribution in [1.82, 2.24) is 15.5 Å². The topological polar surface area (TPSA) is 125 Å². The third-order valence-electron chi connectivity index (χ3n) is 4.73. The summed E-state index contributed by atoms with van der Waals surface area (Å²) >= 11 is 0.971. The van der Waals surface area contributed by atoms with Gasteiger partial charge in [-0.3, -0.25) is 14.9 Å². The molecule has 1 fully saturated rings. The number of nitrogens with zero attached hydrogens (tertiary/aromatic N) is 2. The van der Waals surface area contributed by atoms with Crippen LogP contribution in [0.5, 0.6) is 0 Å². The normalized spacial score (nSPS) is 16.9. The zero-order valence-corrected chi connectivity index (χ0v) is 17.8. The Morgan fingerprint density at radius 3 is 2.61 bits per heavy atom. The van der Waals surface area contributed by atoms with Crippen molar-refractivity contribution in [2.75, 3.05) is 0 Å². The Kier molecular flexibility index (Phi) is 5.64. The number of aromatic nitrogens is 2. The highest BCUT2D eigenvalue weighted by molar-refractivity contribution is 8.15. The standard InChI is InChI=1S/C21H19N3O6S/c1-10-8-15(24-30-10)19-22-17(11(2)28-19)12(3)29-20(26)14-6-4-13(5-7-14)9-16-18(25)23-21(27)31-16/h4-8,12,16H,9H2,1-3H3,(H,23,25,27). The summed E-state index contributed by atoms with van der Waals surface area (Å²) in [4.78, 5) is 39.9. The maximum atomic E-state index is 12.5. The van der Waals surface area contributed by atoms with Gasteiger partial charge in [0.25, 0.3) is 5.24 Å². The van der Waals surface area contributed by atoms with E-state index in [2.05, 4.69) is 15.5 Å². The zero-order valence-electron chi connectivity index (χ0n) is 17.0. The van der Waals surface area contributed by atoms with E-state index in [9.17, 15) is 14.4 Å². The molecule has 2 atom stereocenters. The molecule has 31 heavy (non-hydrogen) atoms. The van der Waals surface area contributed by atoms with Gasteiger partial charge < -0.3 is 13.7 Å². The summed E-state index contributed by atoms with van der Waals surface area (Å²) in [6.07, 6.45) is -0.238. The highest BCUT2D eigenvalue weighted by Gasteiger charge is 2.31. The SMILES string of the molecule is Cc1cc(-c2nc(C(C)OC(=O)c3ccc(CC4SC(=O)NC4=O)cc3)c(C)o2)no1. The van der Waals surface area contributed by atoms with E-state index in [0.29, 0.717) is 40.8 Å². The Balaban J connectivity index is 1.40. The lowest BCUT2D eigenvalue weighted by Crippen LogP contribution is -2.25. The average Bonchev–Trinajstić information content (AvgIpc) is 3.41. The van der Waals surface area contributed by atoms with Crippen molar-refractivity contribution in [3.8, 4) is 11.6 Å². The largest absolute Gasteiger partial charge is 0.452 e. The monoisotopic (exact) mass is 441 g/mol. The average molecular weight is 441 g/mol. The van der Waals surface area contributed by atoms with Crippen LogP contribution in [0.2, 0.25) is 0 Å². The smallest absolute Gasteiger partial charge is 0.338 e. The molecule has 4 rings (SSSR count). The van der Waals surface area contributed by atoms with Gasteiger partial charge in [0.2, 0.25) is 11.8 Å². The first-order chi connectivity index (χ1) is 14.8. The van der Waals surface area contributed by atoms with Gasteiger partial charge in [-0.25, -0.2) is 9.78 Å². The molecule has 0 saturated carbocycles. The van der Waals surface area contributed by atoms with Crippen molar-refractivity contribution >= 4 is 28.9 Å². The Morgan fingerprint density at radius 1 is 1.26 bits per heavy atom. The molecule has 2 aromatic heterocycles. The Hall–Kier alpha value is -3.40. The second kappa shape index (κ2) is 8.38.